The number of benzene rings is 1. The number of halogens is 1. The molecule has 3 aliphatic rings. The molecule has 1 atom stereocenters. The molecule has 0 amide bonds. The fraction of sp³-hybridized carbons (Fsp3) is 0.579. The average molecular weight is 333 g/mol. The van der Waals surface area contributed by atoms with E-state index in [4.69, 9.17) is 16.3 Å². The van der Waals surface area contributed by atoms with Crippen molar-refractivity contribution >= 4 is 17.7 Å². The van der Waals surface area contributed by atoms with Crippen LogP contribution in [0, 0.1) is 0 Å². The van der Waals surface area contributed by atoms with Gasteiger partial charge in [-0.25, -0.2) is 0 Å². The second kappa shape index (κ2) is 6.84. The fourth-order valence-electron chi connectivity index (χ4n) is 4.15. The van der Waals surface area contributed by atoms with E-state index >= 15 is 0 Å². The van der Waals surface area contributed by atoms with E-state index in [0.29, 0.717) is 6.61 Å². The van der Waals surface area contributed by atoms with Crippen LogP contribution in [0.4, 0.5) is 0 Å². The molecule has 1 unspecified atom stereocenters. The first-order valence-corrected chi connectivity index (χ1v) is 9.24. The first-order valence-electron chi connectivity index (χ1n) is 8.86. The first kappa shape index (κ1) is 15.5. The predicted molar refractivity (Wildman–Crippen MR) is 95.2 cm³/mol. The molecule has 4 heteroatoms. The maximum absolute atomic E-state index is 6.11. The molecule has 0 spiro atoms. The predicted octanol–water partition coefficient (Wildman–Crippen LogP) is 3.68. The minimum atomic E-state index is 0.708. The number of piperidine rings is 1. The Kier molecular flexibility index (Phi) is 4.61. The van der Waals surface area contributed by atoms with Crippen molar-refractivity contribution in [1.29, 1.82) is 0 Å². The topological polar surface area (TPSA) is 15.7 Å². The largest absolute Gasteiger partial charge is 0.489 e. The van der Waals surface area contributed by atoms with Gasteiger partial charge in [-0.05, 0) is 75.2 Å². The van der Waals surface area contributed by atoms with E-state index < -0.39 is 0 Å². The molecule has 0 saturated carbocycles. The number of fused-ring (bicyclic) bond motifs is 1. The van der Waals surface area contributed by atoms with Crippen molar-refractivity contribution in [3.05, 3.63) is 34.4 Å². The Bertz CT molecular complexity index is 595. The average Bonchev–Trinajstić information content (AvgIpc) is 3.09. The van der Waals surface area contributed by atoms with Crippen molar-refractivity contribution in [1.82, 2.24) is 9.80 Å². The molecule has 0 aromatic heterocycles. The van der Waals surface area contributed by atoms with Crippen LogP contribution in [0.3, 0.4) is 0 Å². The highest BCUT2D eigenvalue weighted by atomic mass is 35.5. The zero-order valence-electron chi connectivity index (χ0n) is 13.6. The maximum Gasteiger partial charge on any atom is 0.127 e. The monoisotopic (exact) mass is 332 g/mol. The van der Waals surface area contributed by atoms with E-state index in [1.165, 1.54) is 57.4 Å². The lowest BCUT2D eigenvalue weighted by Gasteiger charge is -2.38. The van der Waals surface area contributed by atoms with Crippen LogP contribution in [0.15, 0.2) is 23.8 Å². The number of hydrogen-bond donors (Lipinski definition) is 0. The summed E-state index contributed by atoms with van der Waals surface area (Å²) < 4.78 is 5.90. The van der Waals surface area contributed by atoms with Crippen LogP contribution in [0.1, 0.15) is 31.2 Å². The molecule has 0 radical (unpaired) electrons. The molecule has 4 rings (SSSR count). The van der Waals surface area contributed by atoms with E-state index in [2.05, 4.69) is 15.9 Å². The third kappa shape index (κ3) is 3.57. The van der Waals surface area contributed by atoms with E-state index in [0.717, 1.165) is 28.9 Å². The van der Waals surface area contributed by atoms with Crippen LogP contribution < -0.4 is 4.74 Å². The van der Waals surface area contributed by atoms with Crippen molar-refractivity contribution in [2.24, 2.45) is 0 Å². The van der Waals surface area contributed by atoms with Gasteiger partial charge >= 0.3 is 0 Å². The summed E-state index contributed by atoms with van der Waals surface area (Å²) in [5.41, 5.74) is 2.48. The number of likely N-dealkylation sites (tertiary alicyclic amines) is 2. The SMILES string of the molecule is Clc1ccc2c(c1)C=C(CN1CCCC(N3CCCC3)C1)CO2. The second-order valence-corrected chi connectivity index (χ2v) is 7.48. The van der Waals surface area contributed by atoms with Crippen LogP contribution in [0.25, 0.3) is 6.08 Å². The second-order valence-electron chi connectivity index (χ2n) is 7.05. The van der Waals surface area contributed by atoms with Gasteiger partial charge in [-0.2, -0.15) is 0 Å². The Balaban J connectivity index is 1.41. The summed E-state index contributed by atoms with van der Waals surface area (Å²) in [4.78, 5) is 5.31. The maximum atomic E-state index is 6.11. The van der Waals surface area contributed by atoms with Gasteiger partial charge in [-0.3, -0.25) is 9.80 Å². The molecule has 3 heterocycles. The van der Waals surface area contributed by atoms with Crippen LogP contribution in [0.5, 0.6) is 5.75 Å². The summed E-state index contributed by atoms with van der Waals surface area (Å²) in [6.45, 7) is 6.76. The Labute approximate surface area is 143 Å². The quantitative estimate of drug-likeness (QED) is 0.840. The van der Waals surface area contributed by atoms with E-state index in [1.807, 2.05) is 18.2 Å². The zero-order chi connectivity index (χ0) is 15.6. The molecule has 0 bridgehead atoms. The third-order valence-corrected chi connectivity index (χ3v) is 5.54. The van der Waals surface area contributed by atoms with Crippen LogP contribution >= 0.6 is 11.6 Å². The Hall–Kier alpha value is -1.03. The summed E-state index contributed by atoms with van der Waals surface area (Å²) >= 11 is 6.11. The highest BCUT2D eigenvalue weighted by Crippen LogP contribution is 2.29. The minimum Gasteiger partial charge on any atom is -0.489 e. The Morgan fingerprint density at radius 3 is 2.87 bits per heavy atom. The van der Waals surface area contributed by atoms with Gasteiger partial charge in [-0.1, -0.05) is 11.6 Å². The minimum absolute atomic E-state index is 0.708. The standard InChI is InChI=1S/C19H25ClN2O/c20-17-5-6-19-16(11-17)10-15(14-23-19)12-21-7-3-4-18(13-21)22-8-1-2-9-22/h5-6,10-11,18H,1-4,7-9,12-14H2. The molecular weight excluding hydrogens is 308 g/mol. The molecule has 3 nitrogen and oxygen atoms in total. The van der Waals surface area contributed by atoms with Gasteiger partial charge < -0.3 is 4.74 Å². The van der Waals surface area contributed by atoms with Gasteiger partial charge in [0.25, 0.3) is 0 Å². The normalized spacial score (nSPS) is 25.8. The third-order valence-electron chi connectivity index (χ3n) is 5.31. The molecule has 2 saturated heterocycles. The van der Waals surface area contributed by atoms with Crippen LogP contribution in [-0.2, 0) is 0 Å². The molecular formula is C19H25ClN2O. The molecule has 0 aliphatic carbocycles. The van der Waals surface area contributed by atoms with Gasteiger partial charge in [0.2, 0.25) is 0 Å². The summed E-state index contributed by atoms with van der Waals surface area (Å²) in [7, 11) is 0. The Morgan fingerprint density at radius 1 is 1.13 bits per heavy atom. The lowest BCUT2D eigenvalue weighted by molar-refractivity contribution is 0.120. The summed E-state index contributed by atoms with van der Waals surface area (Å²) in [6, 6.07) is 6.62. The van der Waals surface area contributed by atoms with Crippen LogP contribution in [-0.4, -0.2) is 55.2 Å². The fourth-order valence-corrected chi connectivity index (χ4v) is 4.33. The number of nitrogens with zero attached hydrogens (tertiary/aromatic N) is 2. The first-order chi connectivity index (χ1) is 11.3. The summed E-state index contributed by atoms with van der Waals surface area (Å²) in [5.74, 6) is 0.951. The molecule has 23 heavy (non-hydrogen) atoms. The lowest BCUT2D eigenvalue weighted by Crippen LogP contribution is -2.47. The molecule has 1 aromatic carbocycles. The smallest absolute Gasteiger partial charge is 0.127 e. The van der Waals surface area contributed by atoms with E-state index in [-0.39, 0.29) is 0 Å². The van der Waals surface area contributed by atoms with Crippen molar-refractivity contribution in [3.8, 4) is 5.75 Å². The number of ether oxygens (including phenoxy) is 1. The zero-order valence-corrected chi connectivity index (χ0v) is 14.4. The number of hydrogen-bond acceptors (Lipinski definition) is 3. The van der Waals surface area contributed by atoms with Gasteiger partial charge in [0.15, 0.2) is 0 Å². The van der Waals surface area contributed by atoms with Gasteiger partial charge in [0.1, 0.15) is 12.4 Å². The van der Waals surface area contributed by atoms with Crippen LogP contribution in [0.2, 0.25) is 5.02 Å². The van der Waals surface area contributed by atoms with Crippen molar-refractivity contribution in [3.63, 3.8) is 0 Å². The molecule has 3 aliphatic heterocycles. The molecule has 0 N–H and O–H groups in total. The van der Waals surface area contributed by atoms with Crippen molar-refractivity contribution < 1.29 is 4.74 Å². The summed E-state index contributed by atoms with van der Waals surface area (Å²) in [5, 5.41) is 0.775. The Morgan fingerprint density at radius 2 is 2.00 bits per heavy atom. The molecule has 124 valence electrons. The highest BCUT2D eigenvalue weighted by molar-refractivity contribution is 6.30. The van der Waals surface area contributed by atoms with Gasteiger partial charge in [-0.15, -0.1) is 0 Å². The van der Waals surface area contributed by atoms with Crippen molar-refractivity contribution in [2.75, 3.05) is 39.3 Å². The summed E-state index contributed by atoms with van der Waals surface area (Å²) in [6.07, 6.45) is 7.71. The molecule has 1 aromatic rings. The van der Waals surface area contributed by atoms with Gasteiger partial charge in [0, 0.05) is 29.7 Å². The molecule has 2 fully saturated rings. The van der Waals surface area contributed by atoms with E-state index in [1.54, 1.807) is 0 Å². The highest BCUT2D eigenvalue weighted by Gasteiger charge is 2.27. The van der Waals surface area contributed by atoms with E-state index in [9.17, 15) is 0 Å². The van der Waals surface area contributed by atoms with Gasteiger partial charge in [0.05, 0.1) is 0 Å². The van der Waals surface area contributed by atoms with Crippen molar-refractivity contribution in [2.45, 2.75) is 31.7 Å². The number of rotatable bonds is 3. The lowest BCUT2D eigenvalue weighted by atomic mass is 10.0.